The van der Waals surface area contributed by atoms with Gasteiger partial charge < -0.3 is 5.32 Å². The molecule has 1 atom stereocenters. The molecule has 1 fully saturated rings. The van der Waals surface area contributed by atoms with Crippen molar-refractivity contribution < 1.29 is 0 Å². The molecule has 106 valence electrons. The van der Waals surface area contributed by atoms with Crippen molar-refractivity contribution >= 4 is 35.8 Å². The Bertz CT molecular complexity index is 551. The van der Waals surface area contributed by atoms with Crippen molar-refractivity contribution in [3.05, 3.63) is 59.1 Å². The highest BCUT2D eigenvalue weighted by Crippen LogP contribution is 2.36. The van der Waals surface area contributed by atoms with E-state index in [1.165, 1.54) is 28.2 Å². The van der Waals surface area contributed by atoms with Crippen molar-refractivity contribution in [3.8, 4) is 0 Å². The third kappa shape index (κ3) is 3.70. The van der Waals surface area contributed by atoms with Crippen molar-refractivity contribution in [2.45, 2.75) is 28.7 Å². The van der Waals surface area contributed by atoms with Gasteiger partial charge in [0.25, 0.3) is 0 Å². The molecule has 1 saturated heterocycles. The van der Waals surface area contributed by atoms with Crippen LogP contribution in [0.3, 0.4) is 0 Å². The highest BCUT2D eigenvalue weighted by Gasteiger charge is 2.19. The summed E-state index contributed by atoms with van der Waals surface area (Å²) in [6, 6.07) is 17.2. The fourth-order valence-electron chi connectivity index (χ4n) is 2.44. The molecule has 0 saturated carbocycles. The summed E-state index contributed by atoms with van der Waals surface area (Å²) < 4.78 is 0. The van der Waals surface area contributed by atoms with Crippen LogP contribution in [0.4, 0.5) is 0 Å². The maximum absolute atomic E-state index is 5.93. The highest BCUT2D eigenvalue weighted by atomic mass is 35.5. The number of rotatable bonds is 3. The van der Waals surface area contributed by atoms with E-state index in [9.17, 15) is 0 Å². The molecule has 20 heavy (non-hydrogen) atoms. The van der Waals surface area contributed by atoms with E-state index in [2.05, 4.69) is 41.7 Å². The van der Waals surface area contributed by atoms with Crippen molar-refractivity contribution in [1.82, 2.24) is 5.32 Å². The average molecular weight is 326 g/mol. The minimum Gasteiger partial charge on any atom is -0.310 e. The van der Waals surface area contributed by atoms with Crippen LogP contribution >= 0.6 is 35.8 Å². The van der Waals surface area contributed by atoms with Gasteiger partial charge in [-0.15, -0.1) is 12.4 Å². The third-order valence-electron chi connectivity index (χ3n) is 3.40. The van der Waals surface area contributed by atoms with Crippen LogP contribution < -0.4 is 5.32 Å². The largest absolute Gasteiger partial charge is 0.310 e. The summed E-state index contributed by atoms with van der Waals surface area (Å²) in [6.07, 6.45) is 2.50. The molecule has 1 aliphatic rings. The van der Waals surface area contributed by atoms with E-state index >= 15 is 0 Å². The van der Waals surface area contributed by atoms with Crippen LogP contribution in [0.25, 0.3) is 0 Å². The smallest absolute Gasteiger partial charge is 0.0406 e. The minimum absolute atomic E-state index is 0. The molecule has 0 amide bonds. The Morgan fingerprint density at radius 3 is 2.50 bits per heavy atom. The number of benzene rings is 2. The summed E-state index contributed by atoms with van der Waals surface area (Å²) >= 11 is 7.74. The molecular weight excluding hydrogens is 309 g/mol. The zero-order valence-corrected chi connectivity index (χ0v) is 13.4. The summed E-state index contributed by atoms with van der Waals surface area (Å²) in [5.41, 5.74) is 1.42. The molecule has 1 N–H and O–H groups in total. The number of halogens is 2. The van der Waals surface area contributed by atoms with Gasteiger partial charge in [0.2, 0.25) is 0 Å². The lowest BCUT2D eigenvalue weighted by atomic mass is 10.1. The van der Waals surface area contributed by atoms with E-state index in [0.717, 1.165) is 11.6 Å². The van der Waals surface area contributed by atoms with Gasteiger partial charge in [0.15, 0.2) is 0 Å². The predicted octanol–water partition coefficient (Wildman–Crippen LogP) is 5.34. The van der Waals surface area contributed by atoms with Gasteiger partial charge in [-0.05, 0) is 55.3 Å². The first kappa shape index (κ1) is 15.7. The molecule has 4 heteroatoms. The second-order valence-electron chi connectivity index (χ2n) is 4.74. The van der Waals surface area contributed by atoms with E-state index in [1.807, 2.05) is 23.9 Å². The van der Waals surface area contributed by atoms with E-state index in [1.54, 1.807) is 0 Å². The lowest BCUT2D eigenvalue weighted by molar-refractivity contribution is 0.636. The first-order chi connectivity index (χ1) is 9.33. The fraction of sp³-hybridized carbons (Fsp3) is 0.250. The van der Waals surface area contributed by atoms with Crippen molar-refractivity contribution in [2.24, 2.45) is 0 Å². The normalized spacial score (nSPS) is 17.8. The Balaban J connectivity index is 0.00000147. The van der Waals surface area contributed by atoms with Gasteiger partial charge in [0.05, 0.1) is 0 Å². The first-order valence-electron chi connectivity index (χ1n) is 6.59. The Morgan fingerprint density at radius 2 is 1.80 bits per heavy atom. The van der Waals surface area contributed by atoms with Crippen LogP contribution in [-0.4, -0.2) is 6.54 Å². The minimum atomic E-state index is 0. The second kappa shape index (κ2) is 7.37. The van der Waals surface area contributed by atoms with Crippen LogP contribution in [0.1, 0.15) is 24.4 Å². The second-order valence-corrected chi connectivity index (χ2v) is 6.29. The Kier molecular flexibility index (Phi) is 5.79. The molecule has 1 aliphatic heterocycles. The summed E-state index contributed by atoms with van der Waals surface area (Å²) in [6.45, 7) is 1.13. The van der Waals surface area contributed by atoms with Crippen LogP contribution in [0, 0.1) is 0 Å². The fourth-order valence-corrected chi connectivity index (χ4v) is 3.57. The summed E-state index contributed by atoms with van der Waals surface area (Å²) in [4.78, 5) is 2.57. The molecule has 1 nitrogen and oxygen atoms in total. The third-order valence-corrected chi connectivity index (χ3v) is 4.75. The topological polar surface area (TPSA) is 12.0 Å². The number of hydrogen-bond donors (Lipinski definition) is 1. The molecule has 0 bridgehead atoms. The lowest BCUT2D eigenvalue weighted by Crippen LogP contribution is -2.13. The van der Waals surface area contributed by atoms with Gasteiger partial charge in [0.1, 0.15) is 0 Å². The quantitative estimate of drug-likeness (QED) is 0.817. The van der Waals surface area contributed by atoms with Gasteiger partial charge in [-0.1, -0.05) is 41.6 Å². The Hall–Kier alpha value is -0.670. The monoisotopic (exact) mass is 325 g/mol. The van der Waals surface area contributed by atoms with Gasteiger partial charge in [0, 0.05) is 20.9 Å². The molecule has 0 spiro atoms. The zero-order valence-electron chi connectivity index (χ0n) is 11.0. The molecule has 2 aromatic carbocycles. The molecule has 0 aromatic heterocycles. The van der Waals surface area contributed by atoms with E-state index in [0.29, 0.717) is 6.04 Å². The molecule has 1 heterocycles. The summed E-state index contributed by atoms with van der Waals surface area (Å²) in [5.74, 6) is 0. The van der Waals surface area contributed by atoms with E-state index in [4.69, 9.17) is 11.6 Å². The molecule has 0 unspecified atom stereocenters. The predicted molar refractivity (Wildman–Crippen MR) is 89.2 cm³/mol. The van der Waals surface area contributed by atoms with Gasteiger partial charge in [-0.3, -0.25) is 0 Å². The maximum Gasteiger partial charge on any atom is 0.0406 e. The Morgan fingerprint density at radius 1 is 1.05 bits per heavy atom. The van der Waals surface area contributed by atoms with Gasteiger partial charge in [-0.2, -0.15) is 0 Å². The van der Waals surface area contributed by atoms with Crippen molar-refractivity contribution in [1.29, 1.82) is 0 Å². The average Bonchev–Trinajstić information content (AvgIpc) is 2.96. The van der Waals surface area contributed by atoms with Gasteiger partial charge in [-0.25, -0.2) is 0 Å². The van der Waals surface area contributed by atoms with Gasteiger partial charge >= 0.3 is 0 Å². The SMILES string of the molecule is Cl.Clc1ccc(Sc2ccccc2[C@@H]2CCCN2)cc1. The lowest BCUT2D eigenvalue weighted by Gasteiger charge is -2.15. The standard InChI is InChI=1S/C16H16ClNS.ClH/c17-12-7-9-13(10-8-12)19-16-6-2-1-4-14(16)15-5-3-11-18-15;/h1-2,4,6-10,15,18H,3,5,11H2;1H/t15-;/m0./s1. The zero-order chi connectivity index (χ0) is 13.1. The van der Waals surface area contributed by atoms with Crippen LogP contribution in [-0.2, 0) is 0 Å². The van der Waals surface area contributed by atoms with Crippen LogP contribution in [0.5, 0.6) is 0 Å². The summed E-state index contributed by atoms with van der Waals surface area (Å²) in [7, 11) is 0. The molecular formula is C16H17Cl2NS. The van der Waals surface area contributed by atoms with Crippen molar-refractivity contribution in [3.63, 3.8) is 0 Å². The first-order valence-corrected chi connectivity index (χ1v) is 7.78. The summed E-state index contributed by atoms with van der Waals surface area (Å²) in [5, 5.41) is 4.36. The highest BCUT2D eigenvalue weighted by molar-refractivity contribution is 7.99. The van der Waals surface area contributed by atoms with Crippen LogP contribution in [0.15, 0.2) is 58.3 Å². The number of nitrogens with one attached hydrogen (secondary N) is 1. The molecule has 0 radical (unpaired) electrons. The Labute approximate surface area is 135 Å². The molecule has 2 aromatic rings. The van der Waals surface area contributed by atoms with E-state index in [-0.39, 0.29) is 12.4 Å². The number of hydrogen-bond acceptors (Lipinski definition) is 2. The molecule has 0 aliphatic carbocycles. The molecule has 3 rings (SSSR count). The van der Waals surface area contributed by atoms with E-state index < -0.39 is 0 Å². The van der Waals surface area contributed by atoms with Crippen LogP contribution in [0.2, 0.25) is 5.02 Å². The van der Waals surface area contributed by atoms with Crippen molar-refractivity contribution in [2.75, 3.05) is 6.54 Å². The maximum atomic E-state index is 5.93.